The number of hydrogen-bond acceptors (Lipinski definition) is 4. The normalized spacial score (nSPS) is 19.2. The molecule has 1 amide bonds. The lowest BCUT2D eigenvalue weighted by atomic mass is 9.94. The van der Waals surface area contributed by atoms with Crippen LogP contribution in [-0.4, -0.2) is 28.6 Å². The van der Waals surface area contributed by atoms with Gasteiger partial charge in [-0.2, -0.15) is 26.3 Å². The van der Waals surface area contributed by atoms with E-state index in [-0.39, 0.29) is 24.4 Å². The SMILES string of the molecule is C=C1[C@@H](c2cc(C(F)(F)F)cc(C(F)(F)F)c2)OC(=O)N1Cc1cc(Br)cnc1N(CC)C1CCCCC1. The molecule has 1 aromatic heterocycles. The van der Waals surface area contributed by atoms with Crippen molar-refractivity contribution < 1.29 is 35.9 Å². The van der Waals surface area contributed by atoms with Gasteiger partial charge < -0.3 is 9.64 Å². The Morgan fingerprint density at radius 3 is 2.21 bits per heavy atom. The average Bonchev–Trinajstić information content (AvgIpc) is 3.13. The van der Waals surface area contributed by atoms with Crippen LogP contribution in [0, 0.1) is 0 Å². The zero-order valence-electron chi connectivity index (χ0n) is 20.5. The molecule has 0 bridgehead atoms. The van der Waals surface area contributed by atoms with Gasteiger partial charge in [-0.05, 0) is 65.5 Å². The molecule has 12 heteroatoms. The van der Waals surface area contributed by atoms with Gasteiger partial charge in [0.05, 0.1) is 23.4 Å². The second-order valence-electron chi connectivity index (χ2n) is 9.39. The van der Waals surface area contributed by atoms with Crippen LogP contribution in [0.2, 0.25) is 0 Å². The Morgan fingerprint density at radius 1 is 1.05 bits per heavy atom. The number of pyridine rings is 1. The Morgan fingerprint density at radius 2 is 1.66 bits per heavy atom. The smallest absolute Gasteiger partial charge is 0.416 e. The molecule has 38 heavy (non-hydrogen) atoms. The van der Waals surface area contributed by atoms with Gasteiger partial charge in [-0.15, -0.1) is 0 Å². The molecule has 0 radical (unpaired) electrons. The summed E-state index contributed by atoms with van der Waals surface area (Å²) in [6.45, 7) is 6.42. The highest BCUT2D eigenvalue weighted by molar-refractivity contribution is 9.10. The van der Waals surface area contributed by atoms with Crippen LogP contribution in [0.25, 0.3) is 0 Å². The van der Waals surface area contributed by atoms with E-state index in [2.05, 4.69) is 32.4 Å². The Kier molecular flexibility index (Phi) is 8.02. The van der Waals surface area contributed by atoms with Crippen molar-refractivity contribution >= 4 is 27.8 Å². The standard InChI is InChI=1S/C26H26BrF6N3O2/c1-3-35(21-7-5-4-6-8-21)23-17(11-20(27)13-34-23)14-36-15(2)22(38-24(36)37)16-9-18(25(28,29)30)12-19(10-16)26(31,32)33/h9-13,21-22H,2-8,14H2,1H3/t22-/m0/s1. The molecular formula is C26H26BrF6N3O2. The molecule has 1 aromatic carbocycles. The first-order chi connectivity index (χ1) is 17.8. The topological polar surface area (TPSA) is 45.7 Å². The molecule has 1 saturated heterocycles. The third-order valence-corrected chi connectivity index (χ3v) is 7.30. The molecule has 1 aliphatic carbocycles. The minimum Gasteiger partial charge on any atom is -0.434 e. The maximum atomic E-state index is 13.4. The van der Waals surface area contributed by atoms with E-state index in [0.29, 0.717) is 34.5 Å². The number of rotatable bonds is 6. The number of halogens is 7. The average molecular weight is 606 g/mol. The molecule has 5 nitrogen and oxygen atoms in total. The van der Waals surface area contributed by atoms with Crippen LogP contribution in [0.1, 0.15) is 67.4 Å². The molecule has 206 valence electrons. The van der Waals surface area contributed by atoms with E-state index < -0.39 is 41.2 Å². The van der Waals surface area contributed by atoms with E-state index >= 15 is 0 Å². The lowest BCUT2D eigenvalue weighted by Gasteiger charge is -2.36. The van der Waals surface area contributed by atoms with Crippen molar-refractivity contribution in [1.82, 2.24) is 9.88 Å². The predicted octanol–water partition coefficient (Wildman–Crippen LogP) is 8.25. The fourth-order valence-corrected chi connectivity index (χ4v) is 5.42. The summed E-state index contributed by atoms with van der Waals surface area (Å²) in [5, 5.41) is 0. The fourth-order valence-electron chi connectivity index (χ4n) is 5.04. The molecule has 4 rings (SSSR count). The molecule has 2 aromatic rings. The number of amides is 1. The first-order valence-corrected chi connectivity index (χ1v) is 13.0. The van der Waals surface area contributed by atoms with Crippen LogP contribution in [0.3, 0.4) is 0 Å². The van der Waals surface area contributed by atoms with Crippen LogP contribution in [0.4, 0.5) is 37.0 Å². The third-order valence-electron chi connectivity index (χ3n) is 6.87. The third kappa shape index (κ3) is 5.94. The summed E-state index contributed by atoms with van der Waals surface area (Å²) in [5.74, 6) is 0.657. The fraction of sp³-hybridized carbons (Fsp3) is 0.462. The van der Waals surface area contributed by atoms with Gasteiger partial charge >= 0.3 is 18.4 Å². The van der Waals surface area contributed by atoms with E-state index in [1.807, 2.05) is 6.92 Å². The number of ether oxygens (including phenoxy) is 1. The monoisotopic (exact) mass is 605 g/mol. The first kappa shape index (κ1) is 28.3. The predicted molar refractivity (Wildman–Crippen MR) is 132 cm³/mol. The molecule has 1 aliphatic heterocycles. The summed E-state index contributed by atoms with van der Waals surface area (Å²) in [7, 11) is 0. The Bertz CT molecular complexity index is 1180. The van der Waals surface area contributed by atoms with Crippen molar-refractivity contribution in [2.45, 2.75) is 70.1 Å². The second kappa shape index (κ2) is 10.8. The lowest BCUT2D eigenvalue weighted by Crippen LogP contribution is -2.38. The van der Waals surface area contributed by atoms with E-state index in [1.54, 1.807) is 12.3 Å². The van der Waals surface area contributed by atoms with Crippen molar-refractivity contribution in [3.05, 3.63) is 69.5 Å². The Hall–Kier alpha value is -2.76. The zero-order valence-corrected chi connectivity index (χ0v) is 22.1. The van der Waals surface area contributed by atoms with Crippen LogP contribution in [0.5, 0.6) is 0 Å². The number of carbonyl (C=O) groups is 1. The second-order valence-corrected chi connectivity index (χ2v) is 10.3. The van der Waals surface area contributed by atoms with Crippen molar-refractivity contribution in [1.29, 1.82) is 0 Å². The molecule has 1 atom stereocenters. The highest BCUT2D eigenvalue weighted by Crippen LogP contribution is 2.42. The number of hydrogen-bond donors (Lipinski definition) is 0. The van der Waals surface area contributed by atoms with E-state index in [9.17, 15) is 31.1 Å². The molecule has 2 fully saturated rings. The highest BCUT2D eigenvalue weighted by atomic mass is 79.9. The summed E-state index contributed by atoms with van der Waals surface area (Å²) in [5.41, 5.74) is -2.86. The summed E-state index contributed by atoms with van der Waals surface area (Å²) in [6.07, 6.45) is -5.47. The van der Waals surface area contributed by atoms with Crippen molar-refractivity contribution in [3.8, 4) is 0 Å². The largest absolute Gasteiger partial charge is 0.434 e. The van der Waals surface area contributed by atoms with Crippen LogP contribution in [0.15, 0.2) is 47.2 Å². The van der Waals surface area contributed by atoms with Gasteiger partial charge in [0, 0.05) is 28.8 Å². The van der Waals surface area contributed by atoms with Gasteiger partial charge in [-0.1, -0.05) is 25.8 Å². The number of carbonyl (C=O) groups excluding carboxylic acids is 1. The number of anilines is 1. The van der Waals surface area contributed by atoms with E-state index in [0.717, 1.165) is 30.6 Å². The molecule has 0 N–H and O–H groups in total. The molecule has 0 spiro atoms. The molecule has 0 unspecified atom stereocenters. The van der Waals surface area contributed by atoms with Gasteiger partial charge in [0.15, 0.2) is 6.10 Å². The van der Waals surface area contributed by atoms with E-state index in [4.69, 9.17) is 4.74 Å². The van der Waals surface area contributed by atoms with Gasteiger partial charge in [0.2, 0.25) is 0 Å². The lowest BCUT2D eigenvalue weighted by molar-refractivity contribution is -0.143. The van der Waals surface area contributed by atoms with Crippen LogP contribution < -0.4 is 4.90 Å². The maximum Gasteiger partial charge on any atom is 0.416 e. The molecule has 2 heterocycles. The molecular weight excluding hydrogens is 580 g/mol. The zero-order chi connectivity index (χ0) is 27.8. The Balaban J connectivity index is 1.66. The number of cyclic esters (lactones) is 1. The highest BCUT2D eigenvalue weighted by Gasteiger charge is 2.42. The minimum atomic E-state index is -5.03. The van der Waals surface area contributed by atoms with Crippen molar-refractivity contribution in [2.24, 2.45) is 0 Å². The summed E-state index contributed by atoms with van der Waals surface area (Å²) >= 11 is 3.39. The van der Waals surface area contributed by atoms with E-state index in [1.165, 1.54) is 6.42 Å². The summed E-state index contributed by atoms with van der Waals surface area (Å²) in [4.78, 5) is 20.7. The van der Waals surface area contributed by atoms with Crippen LogP contribution >= 0.6 is 15.9 Å². The van der Waals surface area contributed by atoms with Gasteiger partial charge in [0.25, 0.3) is 0 Å². The van der Waals surface area contributed by atoms with Gasteiger partial charge in [-0.3, -0.25) is 4.90 Å². The maximum absolute atomic E-state index is 13.4. The molecule has 2 aliphatic rings. The van der Waals surface area contributed by atoms with Crippen molar-refractivity contribution in [2.75, 3.05) is 11.4 Å². The number of benzene rings is 1. The molecule has 1 saturated carbocycles. The van der Waals surface area contributed by atoms with Gasteiger partial charge in [0.1, 0.15) is 5.82 Å². The van der Waals surface area contributed by atoms with Gasteiger partial charge in [-0.25, -0.2) is 9.78 Å². The summed E-state index contributed by atoms with van der Waals surface area (Å²) < 4.78 is 86.2. The number of aromatic nitrogens is 1. The Labute approximate surface area is 224 Å². The number of nitrogens with zero attached hydrogens (tertiary/aromatic N) is 3. The summed E-state index contributed by atoms with van der Waals surface area (Å²) in [6, 6.07) is 3.19. The number of alkyl halides is 6. The first-order valence-electron chi connectivity index (χ1n) is 12.2. The quantitative estimate of drug-likeness (QED) is 0.311. The minimum absolute atomic E-state index is 0.0326. The van der Waals surface area contributed by atoms with Crippen LogP contribution in [-0.2, 0) is 23.6 Å². The van der Waals surface area contributed by atoms with Crippen molar-refractivity contribution in [3.63, 3.8) is 0 Å².